The molecular formula is C16H15ClN2O4. The summed E-state index contributed by atoms with van der Waals surface area (Å²) >= 11 is 6.37. The molecule has 1 aromatic carbocycles. The van der Waals surface area contributed by atoms with E-state index in [1.807, 2.05) is 0 Å². The summed E-state index contributed by atoms with van der Waals surface area (Å²) in [4.78, 5) is 11.1. The van der Waals surface area contributed by atoms with E-state index in [4.69, 9.17) is 26.2 Å². The summed E-state index contributed by atoms with van der Waals surface area (Å²) in [6.45, 7) is 0. The van der Waals surface area contributed by atoms with Crippen LogP contribution in [0.4, 0.5) is 0 Å². The van der Waals surface area contributed by atoms with E-state index in [9.17, 15) is 4.79 Å². The Hall–Kier alpha value is -2.21. The third-order valence-corrected chi connectivity index (χ3v) is 4.68. The normalized spacial score (nSPS) is 17.8. The number of fused-ring (bicyclic) bond motifs is 1. The quantitative estimate of drug-likeness (QED) is 0.910. The van der Waals surface area contributed by atoms with Crippen molar-refractivity contribution in [1.82, 2.24) is 9.78 Å². The van der Waals surface area contributed by atoms with Gasteiger partial charge in [0, 0.05) is 31.5 Å². The number of benzene rings is 1. The summed E-state index contributed by atoms with van der Waals surface area (Å²) in [6.07, 6.45) is 3.89. The highest BCUT2D eigenvalue weighted by Crippen LogP contribution is 2.49. The van der Waals surface area contributed by atoms with E-state index in [-0.39, 0.29) is 5.69 Å². The van der Waals surface area contributed by atoms with Crippen LogP contribution in [0.2, 0.25) is 5.02 Å². The monoisotopic (exact) mass is 334 g/mol. The third kappa shape index (κ3) is 2.25. The van der Waals surface area contributed by atoms with Gasteiger partial charge in [0.05, 0.1) is 10.7 Å². The number of aryl methyl sites for hydroxylation is 1. The summed E-state index contributed by atoms with van der Waals surface area (Å²) in [6, 6.07) is 5.02. The minimum Gasteiger partial charge on any atom is -0.476 e. The van der Waals surface area contributed by atoms with Crippen LogP contribution >= 0.6 is 11.6 Å². The average molecular weight is 335 g/mol. The fourth-order valence-corrected chi connectivity index (χ4v) is 3.50. The fraction of sp³-hybridized carbons (Fsp3) is 0.375. The lowest BCUT2D eigenvalue weighted by atomic mass is 10.1. The molecule has 1 aromatic heterocycles. The molecule has 0 bridgehead atoms. The van der Waals surface area contributed by atoms with E-state index in [0.29, 0.717) is 27.8 Å². The molecule has 7 heteroatoms. The van der Waals surface area contributed by atoms with E-state index in [1.54, 1.807) is 19.2 Å². The van der Waals surface area contributed by atoms with Crippen molar-refractivity contribution < 1.29 is 19.4 Å². The van der Waals surface area contributed by atoms with Crippen LogP contribution in [0.15, 0.2) is 18.2 Å². The average Bonchev–Trinajstić information content (AvgIpc) is 3.17. The Morgan fingerprint density at radius 1 is 1.26 bits per heavy atom. The zero-order valence-corrected chi connectivity index (χ0v) is 13.3. The van der Waals surface area contributed by atoms with Crippen LogP contribution < -0.4 is 9.47 Å². The van der Waals surface area contributed by atoms with Gasteiger partial charge in [0.2, 0.25) is 0 Å². The highest BCUT2D eigenvalue weighted by atomic mass is 35.5. The maximum atomic E-state index is 11.1. The number of hydrogen-bond acceptors (Lipinski definition) is 4. The first-order chi connectivity index (χ1) is 11.0. The van der Waals surface area contributed by atoms with Crippen molar-refractivity contribution in [2.24, 2.45) is 7.05 Å². The van der Waals surface area contributed by atoms with Crippen molar-refractivity contribution in [3.8, 4) is 22.8 Å². The number of hydrogen-bond donors (Lipinski definition) is 1. The fourth-order valence-electron chi connectivity index (χ4n) is 3.25. The van der Waals surface area contributed by atoms with Crippen molar-refractivity contribution in [3.63, 3.8) is 0 Å². The van der Waals surface area contributed by atoms with Crippen LogP contribution in [0.3, 0.4) is 0 Å². The number of ether oxygens (including phenoxy) is 2. The molecule has 0 unspecified atom stereocenters. The first-order valence-electron chi connectivity index (χ1n) is 7.47. The van der Waals surface area contributed by atoms with Gasteiger partial charge in [-0.1, -0.05) is 11.6 Å². The van der Waals surface area contributed by atoms with Crippen LogP contribution in [0, 0.1) is 0 Å². The molecule has 1 spiro atoms. The lowest BCUT2D eigenvalue weighted by Crippen LogP contribution is -2.34. The number of halogens is 1. The number of carbonyl (C=O) groups is 1. The van der Waals surface area contributed by atoms with Gasteiger partial charge < -0.3 is 14.6 Å². The maximum Gasteiger partial charge on any atom is 0.356 e. The predicted octanol–water partition coefficient (Wildman–Crippen LogP) is 3.48. The van der Waals surface area contributed by atoms with Crippen LogP contribution in [-0.4, -0.2) is 26.6 Å². The molecule has 1 N–H and O–H groups in total. The highest BCUT2D eigenvalue weighted by molar-refractivity contribution is 6.33. The second kappa shape index (κ2) is 4.89. The number of nitrogens with zero attached hydrogens (tertiary/aromatic N) is 2. The van der Waals surface area contributed by atoms with Crippen LogP contribution in [0.25, 0.3) is 11.3 Å². The van der Waals surface area contributed by atoms with Gasteiger partial charge in [-0.15, -0.1) is 0 Å². The van der Waals surface area contributed by atoms with Gasteiger partial charge in [-0.3, -0.25) is 4.68 Å². The first kappa shape index (κ1) is 14.4. The van der Waals surface area contributed by atoms with Gasteiger partial charge >= 0.3 is 5.97 Å². The van der Waals surface area contributed by atoms with Gasteiger partial charge in [-0.25, -0.2) is 4.79 Å². The van der Waals surface area contributed by atoms with E-state index in [1.165, 1.54) is 10.7 Å². The summed E-state index contributed by atoms with van der Waals surface area (Å²) in [5.41, 5.74) is 1.27. The van der Waals surface area contributed by atoms with Gasteiger partial charge in [0.1, 0.15) is 0 Å². The first-order valence-corrected chi connectivity index (χ1v) is 7.84. The van der Waals surface area contributed by atoms with Crippen LogP contribution in [0.1, 0.15) is 36.2 Å². The molecule has 4 rings (SSSR count). The minimum absolute atomic E-state index is 0.0245. The highest BCUT2D eigenvalue weighted by Gasteiger charge is 2.44. The molecule has 1 fully saturated rings. The second-order valence-corrected chi connectivity index (χ2v) is 6.35. The molecule has 6 nitrogen and oxygen atoms in total. The molecule has 2 aromatic rings. The summed E-state index contributed by atoms with van der Waals surface area (Å²) < 4.78 is 13.5. The predicted molar refractivity (Wildman–Crippen MR) is 83.1 cm³/mol. The Bertz CT molecular complexity index is 809. The van der Waals surface area contributed by atoms with E-state index >= 15 is 0 Å². The Balaban J connectivity index is 1.76. The van der Waals surface area contributed by atoms with Gasteiger partial charge in [-0.2, -0.15) is 5.10 Å². The summed E-state index contributed by atoms with van der Waals surface area (Å²) in [5.74, 6) is -0.345. The van der Waals surface area contributed by atoms with Gasteiger partial charge in [0.25, 0.3) is 5.79 Å². The van der Waals surface area contributed by atoms with Crippen molar-refractivity contribution in [2.75, 3.05) is 0 Å². The summed E-state index contributed by atoms with van der Waals surface area (Å²) in [5, 5.41) is 13.5. The van der Waals surface area contributed by atoms with Crippen molar-refractivity contribution in [2.45, 2.75) is 31.5 Å². The third-order valence-electron chi connectivity index (χ3n) is 4.37. The molecule has 1 saturated carbocycles. The minimum atomic E-state index is -1.08. The zero-order valence-electron chi connectivity index (χ0n) is 12.5. The second-order valence-electron chi connectivity index (χ2n) is 5.94. The van der Waals surface area contributed by atoms with E-state index < -0.39 is 11.8 Å². The number of carboxylic acid groups (broad SMARTS) is 1. The Morgan fingerprint density at radius 2 is 1.91 bits per heavy atom. The Morgan fingerprint density at radius 3 is 2.52 bits per heavy atom. The molecule has 1 aliphatic heterocycles. The SMILES string of the molecule is Cn1nc(C(=O)O)cc1-c1cc2c(cc1Cl)OC1(CCCC1)O2. The van der Waals surface area contributed by atoms with Crippen molar-refractivity contribution in [1.29, 1.82) is 0 Å². The molecule has 0 amide bonds. The van der Waals surface area contributed by atoms with E-state index in [2.05, 4.69) is 5.10 Å². The molecule has 23 heavy (non-hydrogen) atoms. The van der Waals surface area contributed by atoms with Gasteiger partial charge in [0.15, 0.2) is 17.2 Å². The molecule has 120 valence electrons. The molecule has 0 radical (unpaired) electrons. The van der Waals surface area contributed by atoms with Crippen LogP contribution in [0.5, 0.6) is 11.5 Å². The molecule has 0 saturated heterocycles. The molecule has 1 aliphatic carbocycles. The number of rotatable bonds is 2. The maximum absolute atomic E-state index is 11.1. The van der Waals surface area contributed by atoms with E-state index in [0.717, 1.165) is 25.7 Å². The largest absolute Gasteiger partial charge is 0.476 e. The number of carboxylic acids is 1. The topological polar surface area (TPSA) is 73.6 Å². The Labute approximate surface area is 137 Å². The molecular weight excluding hydrogens is 320 g/mol. The Kier molecular flexibility index (Phi) is 3.06. The molecule has 2 heterocycles. The van der Waals surface area contributed by atoms with Crippen LogP contribution in [-0.2, 0) is 7.05 Å². The molecule has 2 aliphatic rings. The lowest BCUT2D eigenvalue weighted by molar-refractivity contribution is -0.0716. The summed E-state index contributed by atoms with van der Waals surface area (Å²) in [7, 11) is 1.68. The number of aromatic carboxylic acids is 1. The smallest absolute Gasteiger partial charge is 0.356 e. The number of aromatic nitrogens is 2. The lowest BCUT2D eigenvalue weighted by Gasteiger charge is -2.21. The zero-order chi connectivity index (χ0) is 16.2. The standard InChI is InChI=1S/C16H15ClN2O4/c1-19-12(8-11(18-19)15(20)21)9-6-13-14(7-10(9)17)23-16(22-13)4-2-3-5-16/h6-8H,2-5H2,1H3,(H,20,21). The van der Waals surface area contributed by atoms with Gasteiger partial charge in [-0.05, 0) is 25.0 Å². The van der Waals surface area contributed by atoms with Crippen molar-refractivity contribution in [3.05, 3.63) is 28.9 Å². The van der Waals surface area contributed by atoms with Crippen molar-refractivity contribution >= 4 is 17.6 Å². The molecule has 0 atom stereocenters.